The number of hydrogen-bond acceptors (Lipinski definition) is 7. The Labute approximate surface area is 189 Å². The van der Waals surface area contributed by atoms with Gasteiger partial charge in [-0.15, -0.1) is 11.3 Å². The van der Waals surface area contributed by atoms with Crippen LogP contribution in [0.25, 0.3) is 10.2 Å². The van der Waals surface area contributed by atoms with Gasteiger partial charge in [0.05, 0.1) is 23.0 Å². The highest BCUT2D eigenvalue weighted by Crippen LogP contribution is 2.36. The van der Waals surface area contributed by atoms with Crippen LogP contribution in [0.15, 0.2) is 78.0 Å². The zero-order valence-electron chi connectivity index (χ0n) is 15.8. The van der Waals surface area contributed by atoms with Crippen molar-refractivity contribution in [1.29, 1.82) is 0 Å². The number of carbonyl (C=O) groups is 1. The third-order valence-electron chi connectivity index (χ3n) is 3.89. The molecule has 4 aromatic rings. The molecule has 0 unspecified atom stereocenters. The summed E-state index contributed by atoms with van der Waals surface area (Å²) in [4.78, 5) is 16.7. The predicted molar refractivity (Wildman–Crippen MR) is 123 cm³/mol. The Hall–Kier alpha value is -2.62. The van der Waals surface area contributed by atoms with E-state index in [-0.39, 0.29) is 5.91 Å². The van der Waals surface area contributed by atoms with Gasteiger partial charge < -0.3 is 9.15 Å². The molecule has 6 nitrogen and oxygen atoms in total. The maximum atomic E-state index is 12.1. The lowest BCUT2D eigenvalue weighted by Crippen LogP contribution is -2.17. The number of hydrogen-bond donors (Lipinski definition) is 1. The molecule has 2 aromatic heterocycles. The molecule has 152 valence electrons. The number of hydrazone groups is 1. The summed E-state index contributed by atoms with van der Waals surface area (Å²) in [5.74, 6) is 1.08. The van der Waals surface area contributed by atoms with Crippen LogP contribution in [0.1, 0.15) is 23.0 Å². The number of ether oxygens (including phenoxy) is 1. The molecule has 2 heterocycles. The monoisotopic (exact) mass is 501 g/mol. The summed E-state index contributed by atoms with van der Waals surface area (Å²) in [5, 5.41) is 4.65. The predicted octanol–water partition coefficient (Wildman–Crippen LogP) is 5.97. The van der Waals surface area contributed by atoms with E-state index in [9.17, 15) is 4.79 Å². The number of rotatable bonds is 7. The van der Waals surface area contributed by atoms with Gasteiger partial charge in [-0.3, -0.25) is 4.79 Å². The molecule has 0 fully saturated rings. The van der Waals surface area contributed by atoms with Crippen LogP contribution >= 0.6 is 39.0 Å². The van der Waals surface area contributed by atoms with Crippen LogP contribution in [0, 0.1) is 0 Å². The number of halogens is 1. The van der Waals surface area contributed by atoms with E-state index in [1.165, 1.54) is 18.0 Å². The minimum absolute atomic E-state index is 0.297. The Bertz CT molecular complexity index is 1220. The summed E-state index contributed by atoms with van der Waals surface area (Å²) in [7, 11) is 0. The minimum atomic E-state index is -0.297. The van der Waals surface area contributed by atoms with Crippen molar-refractivity contribution in [2.75, 3.05) is 6.61 Å². The molecule has 0 atom stereocenters. The summed E-state index contributed by atoms with van der Waals surface area (Å²) in [6.07, 6.45) is 1.46. The first-order valence-electron chi connectivity index (χ1n) is 9.01. The smallest absolute Gasteiger partial charge is 0.271 e. The number of carbonyl (C=O) groups excluding carboxylic acids is 1. The zero-order chi connectivity index (χ0) is 20.9. The largest absolute Gasteiger partial charge is 0.494 e. The topological polar surface area (TPSA) is 76.7 Å². The molecule has 0 radical (unpaired) electrons. The second-order valence-corrected chi connectivity index (χ2v) is 9.21. The van der Waals surface area contributed by atoms with Gasteiger partial charge in [0.25, 0.3) is 5.91 Å². The van der Waals surface area contributed by atoms with Gasteiger partial charge in [0.2, 0.25) is 0 Å². The number of fused-ring (bicyclic) bond motifs is 1. The number of furan rings is 1. The lowest BCUT2D eigenvalue weighted by atomic mass is 10.2. The molecule has 0 spiro atoms. The van der Waals surface area contributed by atoms with E-state index in [1.807, 2.05) is 37.3 Å². The lowest BCUT2D eigenvalue weighted by molar-refractivity contribution is 0.0955. The van der Waals surface area contributed by atoms with Crippen LogP contribution in [-0.4, -0.2) is 23.7 Å². The van der Waals surface area contributed by atoms with Crippen molar-refractivity contribution in [3.8, 4) is 5.75 Å². The lowest BCUT2D eigenvalue weighted by Gasteiger charge is -2.00. The van der Waals surface area contributed by atoms with Crippen LogP contribution in [0.4, 0.5) is 0 Å². The van der Waals surface area contributed by atoms with E-state index >= 15 is 0 Å². The third kappa shape index (κ3) is 5.10. The van der Waals surface area contributed by atoms with Crippen molar-refractivity contribution in [1.82, 2.24) is 10.4 Å². The first-order valence-corrected chi connectivity index (χ1v) is 11.4. The Morgan fingerprint density at radius 3 is 3.03 bits per heavy atom. The average molecular weight is 502 g/mol. The van der Waals surface area contributed by atoms with Crippen LogP contribution in [0.5, 0.6) is 5.75 Å². The van der Waals surface area contributed by atoms with Crippen molar-refractivity contribution in [3.05, 3.63) is 70.4 Å². The summed E-state index contributed by atoms with van der Waals surface area (Å²) in [5.41, 5.74) is 3.93. The third-order valence-corrected chi connectivity index (χ3v) is 6.38. The van der Waals surface area contributed by atoms with Gasteiger partial charge in [0.1, 0.15) is 11.5 Å². The highest BCUT2D eigenvalue weighted by atomic mass is 79.9. The van der Waals surface area contributed by atoms with E-state index in [0.717, 1.165) is 24.8 Å². The summed E-state index contributed by atoms with van der Waals surface area (Å²) in [6, 6.07) is 16.6. The van der Waals surface area contributed by atoms with Crippen molar-refractivity contribution in [2.24, 2.45) is 5.10 Å². The fourth-order valence-electron chi connectivity index (χ4n) is 2.58. The maximum absolute atomic E-state index is 12.1. The van der Waals surface area contributed by atoms with Crippen molar-refractivity contribution >= 4 is 61.4 Å². The normalized spacial score (nSPS) is 11.3. The number of thiazole rings is 1. The van der Waals surface area contributed by atoms with Crippen LogP contribution in [-0.2, 0) is 0 Å². The first-order chi connectivity index (χ1) is 14.6. The minimum Gasteiger partial charge on any atom is -0.494 e. The SMILES string of the molecule is CCOc1ccc2nc(Sc3ccc(/C=N/NC(=O)c4cccc(Br)c4)o3)sc2c1. The molecule has 0 saturated heterocycles. The summed E-state index contributed by atoms with van der Waals surface area (Å²) in [6.45, 7) is 2.59. The van der Waals surface area contributed by atoms with Crippen molar-refractivity contribution in [3.63, 3.8) is 0 Å². The fraction of sp³-hybridized carbons (Fsp3) is 0.0952. The van der Waals surface area contributed by atoms with Crippen molar-refractivity contribution < 1.29 is 13.9 Å². The average Bonchev–Trinajstić information content (AvgIpc) is 3.34. The van der Waals surface area contributed by atoms with Gasteiger partial charge >= 0.3 is 0 Å². The van der Waals surface area contributed by atoms with Gasteiger partial charge in [-0.2, -0.15) is 5.10 Å². The number of nitrogens with one attached hydrogen (secondary N) is 1. The standard InChI is InChI=1S/C21H16BrN3O3S2/c1-2-27-15-6-8-17-18(11-15)29-21(24-17)30-19-9-7-16(28-19)12-23-25-20(26)13-4-3-5-14(22)10-13/h3-12H,2H2,1H3,(H,25,26)/b23-12+. The maximum Gasteiger partial charge on any atom is 0.271 e. The molecule has 1 N–H and O–H groups in total. The Morgan fingerprint density at radius 2 is 2.20 bits per heavy atom. The van der Waals surface area contributed by atoms with E-state index in [4.69, 9.17) is 9.15 Å². The van der Waals surface area contributed by atoms with Gasteiger partial charge in [0, 0.05) is 10.0 Å². The Morgan fingerprint density at radius 1 is 1.30 bits per heavy atom. The number of nitrogens with zero attached hydrogens (tertiary/aromatic N) is 2. The molecule has 0 saturated carbocycles. The number of amides is 1. The van der Waals surface area contributed by atoms with Gasteiger partial charge in [-0.1, -0.05) is 22.0 Å². The molecule has 4 rings (SSSR count). The zero-order valence-corrected chi connectivity index (χ0v) is 19.0. The first kappa shape index (κ1) is 20.6. The fourth-order valence-corrected chi connectivity index (χ4v) is 4.97. The number of aromatic nitrogens is 1. The molecule has 2 aromatic carbocycles. The van der Waals surface area contributed by atoms with E-state index in [1.54, 1.807) is 35.6 Å². The summed E-state index contributed by atoms with van der Waals surface area (Å²) >= 11 is 6.36. The molecule has 0 aliphatic carbocycles. The van der Waals surface area contributed by atoms with E-state index < -0.39 is 0 Å². The molecule has 0 aliphatic heterocycles. The quantitative estimate of drug-likeness (QED) is 0.249. The van der Waals surface area contributed by atoms with Crippen LogP contribution in [0.3, 0.4) is 0 Å². The Balaban J connectivity index is 1.38. The van der Waals surface area contributed by atoms with Crippen LogP contribution in [0.2, 0.25) is 0 Å². The van der Waals surface area contributed by atoms with Crippen molar-refractivity contribution in [2.45, 2.75) is 16.4 Å². The molecule has 0 aliphatic rings. The van der Waals surface area contributed by atoms with Gasteiger partial charge in [0.15, 0.2) is 9.43 Å². The second-order valence-electron chi connectivity index (χ2n) is 6.01. The highest BCUT2D eigenvalue weighted by molar-refractivity contribution is 9.10. The molecule has 9 heteroatoms. The highest BCUT2D eigenvalue weighted by Gasteiger charge is 2.10. The van der Waals surface area contributed by atoms with E-state index in [2.05, 4.69) is 31.4 Å². The molecular formula is C21H16BrN3O3S2. The van der Waals surface area contributed by atoms with Gasteiger partial charge in [-0.05, 0) is 67.2 Å². The number of benzene rings is 2. The molecule has 0 bridgehead atoms. The van der Waals surface area contributed by atoms with Gasteiger partial charge in [-0.25, -0.2) is 10.4 Å². The Kier molecular flexibility index (Phi) is 6.51. The molecular weight excluding hydrogens is 486 g/mol. The summed E-state index contributed by atoms with van der Waals surface area (Å²) < 4.78 is 14.1. The second kappa shape index (κ2) is 9.46. The molecule has 30 heavy (non-hydrogen) atoms. The molecule has 1 amide bonds. The van der Waals surface area contributed by atoms with E-state index in [0.29, 0.717) is 23.0 Å². The van der Waals surface area contributed by atoms with Crippen LogP contribution < -0.4 is 10.2 Å².